The van der Waals surface area contributed by atoms with Gasteiger partial charge in [0.05, 0.1) is 19.6 Å². The predicted molar refractivity (Wildman–Crippen MR) is 78.3 cm³/mol. The number of amides is 1. The van der Waals surface area contributed by atoms with Gasteiger partial charge in [-0.2, -0.15) is 0 Å². The van der Waals surface area contributed by atoms with Gasteiger partial charge in [0.1, 0.15) is 0 Å². The normalized spacial score (nSPS) is 11.6. The maximum atomic E-state index is 11.7. The second kappa shape index (κ2) is 10.4. The molecule has 0 aliphatic rings. The minimum atomic E-state index is 0.226. The number of hydrogen-bond donors (Lipinski definition) is 1. The monoisotopic (exact) mass is 257 g/mol. The standard InChI is InChI=1S/C15H32N2O/c1-5-9-10-11-12-13-15(18)16-14-17(6-2,7-3)8-4/h5-14H2,1-4H3/p+1. The van der Waals surface area contributed by atoms with Gasteiger partial charge in [-0.15, -0.1) is 0 Å². The highest BCUT2D eigenvalue weighted by atomic mass is 16.1. The molecule has 0 heterocycles. The fourth-order valence-corrected chi connectivity index (χ4v) is 2.24. The fourth-order valence-electron chi connectivity index (χ4n) is 2.24. The van der Waals surface area contributed by atoms with Gasteiger partial charge < -0.3 is 9.80 Å². The van der Waals surface area contributed by atoms with Crippen LogP contribution in [0.4, 0.5) is 0 Å². The summed E-state index contributed by atoms with van der Waals surface area (Å²) in [5, 5.41) is 3.10. The van der Waals surface area contributed by atoms with E-state index in [0.717, 1.165) is 37.2 Å². The highest BCUT2D eigenvalue weighted by Gasteiger charge is 2.20. The van der Waals surface area contributed by atoms with Crippen molar-refractivity contribution in [2.75, 3.05) is 26.3 Å². The number of nitrogens with zero attached hydrogens (tertiary/aromatic N) is 1. The maximum Gasteiger partial charge on any atom is 0.224 e. The van der Waals surface area contributed by atoms with Crippen molar-refractivity contribution in [1.29, 1.82) is 0 Å². The Morgan fingerprint density at radius 2 is 1.44 bits per heavy atom. The van der Waals surface area contributed by atoms with Crippen molar-refractivity contribution >= 4 is 5.91 Å². The van der Waals surface area contributed by atoms with E-state index in [2.05, 4.69) is 33.0 Å². The van der Waals surface area contributed by atoms with E-state index < -0.39 is 0 Å². The molecule has 0 fully saturated rings. The third-order valence-electron chi connectivity index (χ3n) is 4.13. The molecule has 3 nitrogen and oxygen atoms in total. The molecule has 108 valence electrons. The molecule has 0 saturated heterocycles. The molecule has 0 rings (SSSR count). The van der Waals surface area contributed by atoms with Crippen molar-refractivity contribution in [3.8, 4) is 0 Å². The number of rotatable bonds is 11. The van der Waals surface area contributed by atoms with Crippen LogP contribution < -0.4 is 5.32 Å². The van der Waals surface area contributed by atoms with E-state index in [9.17, 15) is 4.79 Å². The molecule has 1 amide bonds. The van der Waals surface area contributed by atoms with Crippen LogP contribution in [-0.4, -0.2) is 36.7 Å². The van der Waals surface area contributed by atoms with Crippen molar-refractivity contribution in [3.63, 3.8) is 0 Å². The van der Waals surface area contributed by atoms with Gasteiger partial charge in [-0.05, 0) is 27.2 Å². The van der Waals surface area contributed by atoms with Crippen molar-refractivity contribution in [3.05, 3.63) is 0 Å². The van der Waals surface area contributed by atoms with Crippen molar-refractivity contribution in [2.24, 2.45) is 0 Å². The van der Waals surface area contributed by atoms with Gasteiger partial charge in [0, 0.05) is 6.42 Å². The van der Waals surface area contributed by atoms with E-state index in [4.69, 9.17) is 0 Å². The lowest BCUT2D eigenvalue weighted by molar-refractivity contribution is -0.924. The van der Waals surface area contributed by atoms with E-state index in [-0.39, 0.29) is 5.91 Å². The summed E-state index contributed by atoms with van der Waals surface area (Å²) in [5.41, 5.74) is 0. The Labute approximate surface area is 114 Å². The van der Waals surface area contributed by atoms with E-state index in [0.29, 0.717) is 6.42 Å². The van der Waals surface area contributed by atoms with E-state index in [1.54, 1.807) is 0 Å². The summed E-state index contributed by atoms with van der Waals surface area (Å²) in [5.74, 6) is 0.226. The molecular weight excluding hydrogens is 224 g/mol. The second-order valence-corrected chi connectivity index (χ2v) is 5.21. The van der Waals surface area contributed by atoms with Gasteiger partial charge >= 0.3 is 0 Å². The molecule has 0 bridgehead atoms. The zero-order chi connectivity index (χ0) is 13.9. The zero-order valence-corrected chi connectivity index (χ0v) is 12.9. The lowest BCUT2D eigenvalue weighted by Gasteiger charge is -2.35. The number of quaternary nitrogens is 1. The third kappa shape index (κ3) is 7.00. The minimum Gasteiger partial charge on any atom is -0.309 e. The van der Waals surface area contributed by atoms with Crippen molar-refractivity contribution in [2.45, 2.75) is 66.2 Å². The molecule has 0 unspecified atom stereocenters. The molecular formula is C15H33N2O+. The first-order valence-corrected chi connectivity index (χ1v) is 7.75. The first-order chi connectivity index (χ1) is 8.64. The minimum absolute atomic E-state index is 0.226. The zero-order valence-electron chi connectivity index (χ0n) is 12.9. The van der Waals surface area contributed by atoms with Crippen molar-refractivity contribution < 1.29 is 9.28 Å². The van der Waals surface area contributed by atoms with Gasteiger partial charge in [-0.25, -0.2) is 0 Å². The summed E-state index contributed by atoms with van der Waals surface area (Å²) in [6.07, 6.45) is 6.75. The molecule has 0 spiro atoms. The van der Waals surface area contributed by atoms with Crippen LogP contribution in [0.25, 0.3) is 0 Å². The molecule has 18 heavy (non-hydrogen) atoms. The first-order valence-electron chi connectivity index (χ1n) is 7.75. The quantitative estimate of drug-likeness (QED) is 0.343. The third-order valence-corrected chi connectivity index (χ3v) is 4.13. The molecule has 0 aromatic heterocycles. The van der Waals surface area contributed by atoms with Crippen LogP contribution in [0, 0.1) is 0 Å². The van der Waals surface area contributed by atoms with Gasteiger partial charge in [-0.1, -0.05) is 32.6 Å². The van der Waals surface area contributed by atoms with Gasteiger partial charge in [0.15, 0.2) is 6.67 Å². The summed E-state index contributed by atoms with van der Waals surface area (Å²) in [7, 11) is 0. The average Bonchev–Trinajstić information content (AvgIpc) is 2.41. The number of hydrogen-bond acceptors (Lipinski definition) is 1. The molecule has 0 radical (unpaired) electrons. The lowest BCUT2D eigenvalue weighted by atomic mass is 10.1. The Hall–Kier alpha value is -0.570. The van der Waals surface area contributed by atoms with Gasteiger partial charge in [0.2, 0.25) is 5.91 Å². The second-order valence-electron chi connectivity index (χ2n) is 5.21. The highest BCUT2D eigenvalue weighted by molar-refractivity contribution is 5.75. The summed E-state index contributed by atoms with van der Waals surface area (Å²) < 4.78 is 0.988. The molecule has 0 atom stereocenters. The molecule has 0 aliphatic carbocycles. The summed E-state index contributed by atoms with van der Waals surface area (Å²) in [6.45, 7) is 12.9. The van der Waals surface area contributed by atoms with Crippen molar-refractivity contribution in [1.82, 2.24) is 5.32 Å². The Kier molecular flexibility index (Phi) is 10.0. The SMILES string of the molecule is CCCCCCCC(=O)NC[N+](CC)(CC)CC. The smallest absolute Gasteiger partial charge is 0.224 e. The predicted octanol–water partition coefficient (Wildman–Crippen LogP) is 3.30. The van der Waals surface area contributed by atoms with Crippen LogP contribution in [0.3, 0.4) is 0 Å². The molecule has 0 aliphatic heterocycles. The van der Waals surface area contributed by atoms with E-state index >= 15 is 0 Å². The summed E-state index contributed by atoms with van der Waals surface area (Å²) in [4.78, 5) is 11.7. The Morgan fingerprint density at radius 3 is 1.94 bits per heavy atom. The van der Waals surface area contributed by atoms with Crippen LogP contribution in [0.5, 0.6) is 0 Å². The van der Waals surface area contributed by atoms with Crippen LogP contribution in [0.1, 0.15) is 66.2 Å². The number of carbonyl (C=O) groups excluding carboxylic acids is 1. The summed E-state index contributed by atoms with van der Waals surface area (Å²) in [6, 6.07) is 0. The molecule has 1 N–H and O–H groups in total. The fraction of sp³-hybridized carbons (Fsp3) is 0.933. The molecule has 3 heteroatoms. The largest absolute Gasteiger partial charge is 0.309 e. The Balaban J connectivity index is 3.74. The van der Waals surface area contributed by atoms with E-state index in [1.165, 1.54) is 25.7 Å². The maximum absolute atomic E-state index is 11.7. The molecule has 0 saturated carbocycles. The number of nitrogens with one attached hydrogen (secondary N) is 1. The highest BCUT2D eigenvalue weighted by Crippen LogP contribution is 2.06. The van der Waals surface area contributed by atoms with Crippen LogP contribution >= 0.6 is 0 Å². The Bertz CT molecular complexity index is 204. The van der Waals surface area contributed by atoms with Crippen LogP contribution in [0.15, 0.2) is 0 Å². The van der Waals surface area contributed by atoms with Crippen LogP contribution in [0.2, 0.25) is 0 Å². The van der Waals surface area contributed by atoms with Gasteiger partial charge in [-0.3, -0.25) is 4.79 Å². The topological polar surface area (TPSA) is 29.1 Å². The van der Waals surface area contributed by atoms with E-state index in [1.807, 2.05) is 0 Å². The lowest BCUT2D eigenvalue weighted by Crippen LogP contribution is -2.54. The number of carbonyl (C=O) groups is 1. The molecule has 0 aromatic carbocycles. The Morgan fingerprint density at radius 1 is 0.889 bits per heavy atom. The van der Waals surface area contributed by atoms with Gasteiger partial charge in [0.25, 0.3) is 0 Å². The molecule has 0 aromatic rings. The number of unbranched alkanes of at least 4 members (excludes halogenated alkanes) is 4. The summed E-state index contributed by atoms with van der Waals surface area (Å²) >= 11 is 0. The first kappa shape index (κ1) is 17.4. The average molecular weight is 257 g/mol. The van der Waals surface area contributed by atoms with Crippen LogP contribution in [-0.2, 0) is 4.79 Å².